The quantitative estimate of drug-likeness (QED) is 0.429. The van der Waals surface area contributed by atoms with Crippen molar-refractivity contribution in [3.8, 4) is 0 Å². The summed E-state index contributed by atoms with van der Waals surface area (Å²) in [6.45, 7) is 3.36. The molecule has 0 saturated heterocycles. The second-order valence-electron chi connectivity index (χ2n) is 2.86. The van der Waals surface area contributed by atoms with Gasteiger partial charge in [0.1, 0.15) is 0 Å². The van der Waals surface area contributed by atoms with Gasteiger partial charge in [0, 0.05) is 5.71 Å². The van der Waals surface area contributed by atoms with Crippen molar-refractivity contribution in [3.05, 3.63) is 22.1 Å². The maximum absolute atomic E-state index is 11.3. The number of hydrogen-bond donors (Lipinski definition) is 2. The van der Waals surface area contributed by atoms with Crippen molar-refractivity contribution in [2.75, 3.05) is 0 Å². The van der Waals surface area contributed by atoms with Crippen LogP contribution in [0.4, 0.5) is 5.82 Å². The largest absolute Gasteiger partial charge is 0.358 e. The average molecular weight is 211 g/mol. The Labute approximate surface area is 84.5 Å². The third-order valence-electron chi connectivity index (χ3n) is 1.40. The fourth-order valence-electron chi connectivity index (χ4n) is 0.808. The molecule has 0 atom stereocenters. The van der Waals surface area contributed by atoms with Crippen molar-refractivity contribution in [1.82, 2.24) is 15.4 Å². The lowest BCUT2D eigenvalue weighted by atomic mass is 10.4. The predicted molar refractivity (Wildman–Crippen MR) is 51.5 cm³/mol. The second-order valence-corrected chi connectivity index (χ2v) is 2.86. The summed E-state index contributed by atoms with van der Waals surface area (Å²) in [5.74, 6) is -1.17. The Kier molecular flexibility index (Phi) is 3.11. The first-order valence-electron chi connectivity index (χ1n) is 4.01. The molecule has 80 valence electrons. The Morgan fingerprint density at radius 3 is 2.87 bits per heavy atom. The normalized spacial score (nSPS) is 9.47. The van der Waals surface area contributed by atoms with E-state index >= 15 is 0 Å². The minimum Gasteiger partial charge on any atom is -0.358 e. The van der Waals surface area contributed by atoms with E-state index in [1.165, 1.54) is 0 Å². The summed E-state index contributed by atoms with van der Waals surface area (Å²) in [5, 5.41) is 14.1. The Morgan fingerprint density at radius 2 is 2.33 bits per heavy atom. The van der Waals surface area contributed by atoms with Crippen LogP contribution in [0.3, 0.4) is 0 Å². The van der Waals surface area contributed by atoms with E-state index in [0.717, 1.165) is 6.33 Å². The van der Waals surface area contributed by atoms with E-state index in [1.54, 1.807) is 13.8 Å². The number of hydrazone groups is 1. The molecule has 0 spiro atoms. The van der Waals surface area contributed by atoms with E-state index in [2.05, 4.69) is 20.5 Å². The molecule has 0 aliphatic heterocycles. The lowest BCUT2D eigenvalue weighted by molar-refractivity contribution is -0.389. The van der Waals surface area contributed by atoms with Gasteiger partial charge in [-0.25, -0.2) is 15.4 Å². The van der Waals surface area contributed by atoms with Crippen LogP contribution in [0.2, 0.25) is 0 Å². The second kappa shape index (κ2) is 4.31. The number of rotatable bonds is 3. The van der Waals surface area contributed by atoms with Gasteiger partial charge in [-0.15, -0.1) is 0 Å². The molecule has 0 aliphatic rings. The van der Waals surface area contributed by atoms with E-state index in [4.69, 9.17) is 0 Å². The van der Waals surface area contributed by atoms with Gasteiger partial charge in [-0.3, -0.25) is 4.79 Å². The topological polar surface area (TPSA) is 113 Å². The van der Waals surface area contributed by atoms with Crippen LogP contribution in [-0.4, -0.2) is 26.5 Å². The lowest BCUT2D eigenvalue weighted by Gasteiger charge is -1.97. The Morgan fingerprint density at radius 1 is 1.67 bits per heavy atom. The minimum absolute atomic E-state index is 0.287. The molecule has 8 heteroatoms. The molecule has 2 N–H and O–H groups in total. The number of carbonyl (C=O) groups excluding carboxylic acids is 1. The summed E-state index contributed by atoms with van der Waals surface area (Å²) in [6, 6.07) is 0. The average Bonchev–Trinajstić information content (AvgIpc) is 2.62. The molecular formula is C7H9N5O3. The van der Waals surface area contributed by atoms with Gasteiger partial charge in [0.25, 0.3) is 5.91 Å². The SMILES string of the molecule is CC(C)=NNC(=O)c1nc[nH]c1[N+](=O)[O-]. The molecule has 0 aliphatic carbocycles. The molecule has 8 nitrogen and oxygen atoms in total. The van der Waals surface area contributed by atoms with Crippen LogP contribution in [-0.2, 0) is 0 Å². The highest BCUT2D eigenvalue weighted by molar-refractivity contribution is 5.96. The summed E-state index contributed by atoms with van der Waals surface area (Å²) < 4.78 is 0. The van der Waals surface area contributed by atoms with Crippen molar-refractivity contribution in [2.24, 2.45) is 5.10 Å². The van der Waals surface area contributed by atoms with Gasteiger partial charge in [-0.1, -0.05) is 0 Å². The van der Waals surface area contributed by atoms with Crippen molar-refractivity contribution in [2.45, 2.75) is 13.8 Å². The zero-order chi connectivity index (χ0) is 11.4. The lowest BCUT2D eigenvalue weighted by Crippen LogP contribution is -2.20. The van der Waals surface area contributed by atoms with Gasteiger partial charge in [-0.05, 0) is 18.8 Å². The number of nitrogens with one attached hydrogen (secondary N) is 2. The van der Waals surface area contributed by atoms with Crippen molar-refractivity contribution in [3.63, 3.8) is 0 Å². The van der Waals surface area contributed by atoms with Gasteiger partial charge >= 0.3 is 5.82 Å². The van der Waals surface area contributed by atoms with E-state index in [9.17, 15) is 14.9 Å². The molecule has 0 bridgehead atoms. The van der Waals surface area contributed by atoms with Crippen molar-refractivity contribution in [1.29, 1.82) is 0 Å². The fourth-order valence-corrected chi connectivity index (χ4v) is 0.808. The molecule has 0 radical (unpaired) electrons. The number of H-pyrrole nitrogens is 1. The third kappa shape index (κ3) is 2.59. The van der Waals surface area contributed by atoms with Crippen molar-refractivity contribution >= 4 is 17.4 Å². The number of nitrogens with zero attached hydrogens (tertiary/aromatic N) is 3. The first-order valence-corrected chi connectivity index (χ1v) is 4.01. The first kappa shape index (κ1) is 10.8. The summed E-state index contributed by atoms with van der Waals surface area (Å²) in [4.78, 5) is 26.8. The van der Waals surface area contributed by atoms with Crippen LogP contribution in [0.25, 0.3) is 0 Å². The number of carbonyl (C=O) groups is 1. The third-order valence-corrected chi connectivity index (χ3v) is 1.40. The smallest absolute Gasteiger partial charge is 0.353 e. The summed E-state index contributed by atoms with van der Waals surface area (Å²) in [7, 11) is 0. The van der Waals surface area contributed by atoms with Gasteiger partial charge in [0.15, 0.2) is 6.33 Å². The fraction of sp³-hybridized carbons (Fsp3) is 0.286. The molecule has 1 rings (SSSR count). The zero-order valence-electron chi connectivity index (χ0n) is 8.14. The number of nitro groups is 1. The first-order chi connectivity index (χ1) is 7.02. The van der Waals surface area contributed by atoms with E-state index in [1.807, 2.05) is 0 Å². The van der Waals surface area contributed by atoms with Crippen LogP contribution in [0.1, 0.15) is 24.3 Å². The van der Waals surface area contributed by atoms with E-state index in [0.29, 0.717) is 5.71 Å². The van der Waals surface area contributed by atoms with Crippen molar-refractivity contribution < 1.29 is 9.72 Å². The van der Waals surface area contributed by atoms with Gasteiger partial charge in [0.05, 0.1) is 0 Å². The number of imidazole rings is 1. The molecule has 1 aromatic heterocycles. The Hall–Kier alpha value is -2.25. The summed E-state index contributed by atoms with van der Waals surface area (Å²) in [6.07, 6.45) is 1.08. The Balaban J connectivity index is 2.87. The Bertz CT molecular complexity index is 418. The molecule has 0 saturated carbocycles. The highest BCUT2D eigenvalue weighted by Crippen LogP contribution is 2.11. The van der Waals surface area contributed by atoms with E-state index < -0.39 is 16.6 Å². The molecule has 0 unspecified atom stereocenters. The molecule has 0 fully saturated rings. The summed E-state index contributed by atoms with van der Waals surface area (Å²) >= 11 is 0. The molecule has 0 aromatic carbocycles. The maximum Gasteiger partial charge on any atom is 0.353 e. The highest BCUT2D eigenvalue weighted by Gasteiger charge is 2.21. The number of aromatic amines is 1. The van der Waals surface area contributed by atoms with Crippen LogP contribution in [0.5, 0.6) is 0 Å². The highest BCUT2D eigenvalue weighted by atomic mass is 16.6. The monoisotopic (exact) mass is 211 g/mol. The van der Waals surface area contributed by atoms with Gasteiger partial charge < -0.3 is 10.1 Å². The molecule has 1 amide bonds. The standard InChI is InChI=1S/C7H9N5O3/c1-4(2)10-11-7(13)5-6(12(14)15)9-3-8-5/h3H,1-2H3,(H,8,9)(H,11,13). The predicted octanol–water partition coefficient (Wildman–Crippen LogP) is 0.444. The molecular weight excluding hydrogens is 202 g/mol. The van der Waals surface area contributed by atoms with Gasteiger partial charge in [-0.2, -0.15) is 5.10 Å². The van der Waals surface area contributed by atoms with Crippen LogP contribution < -0.4 is 5.43 Å². The number of aromatic nitrogens is 2. The number of amides is 1. The molecule has 1 heterocycles. The van der Waals surface area contributed by atoms with Gasteiger partial charge in [0.2, 0.25) is 5.69 Å². The summed E-state index contributed by atoms with van der Waals surface area (Å²) in [5.41, 5.74) is 2.48. The van der Waals surface area contributed by atoms with Crippen LogP contribution >= 0.6 is 0 Å². The zero-order valence-corrected chi connectivity index (χ0v) is 8.14. The molecule has 15 heavy (non-hydrogen) atoms. The minimum atomic E-state index is -0.718. The van der Waals surface area contributed by atoms with Crippen LogP contribution in [0.15, 0.2) is 11.4 Å². The van der Waals surface area contributed by atoms with E-state index in [-0.39, 0.29) is 5.69 Å². The van der Waals surface area contributed by atoms with Crippen LogP contribution in [0, 0.1) is 10.1 Å². The number of hydrogen-bond acceptors (Lipinski definition) is 5. The maximum atomic E-state index is 11.3. The molecule has 1 aromatic rings.